The second-order valence-electron chi connectivity index (χ2n) is 6.46. The van der Waals surface area contributed by atoms with Crippen molar-refractivity contribution in [2.24, 2.45) is 4.99 Å². The molecule has 0 saturated carbocycles. The van der Waals surface area contributed by atoms with E-state index < -0.39 is 34.5 Å². The Morgan fingerprint density at radius 1 is 1.10 bits per heavy atom. The third-order valence-electron chi connectivity index (χ3n) is 4.36. The Morgan fingerprint density at radius 3 is 2.52 bits per heavy atom. The molecule has 3 rings (SSSR count). The van der Waals surface area contributed by atoms with Gasteiger partial charge in [0.2, 0.25) is 0 Å². The number of amides is 1. The largest absolute Gasteiger partial charge is 0.493 e. The van der Waals surface area contributed by atoms with Crippen LogP contribution in [0.4, 0.5) is 5.69 Å². The molecule has 2 N–H and O–H groups in total. The maximum Gasteiger partial charge on any atom is 0.328 e. The summed E-state index contributed by atoms with van der Waals surface area (Å²) in [6.45, 7) is 0.953. The Morgan fingerprint density at radius 2 is 1.81 bits per heavy atom. The zero-order valence-electron chi connectivity index (χ0n) is 17.0. The zero-order chi connectivity index (χ0) is 22.6. The molecule has 1 aliphatic rings. The van der Waals surface area contributed by atoms with Crippen molar-refractivity contribution in [2.75, 3.05) is 26.1 Å². The fourth-order valence-corrected chi connectivity index (χ4v) is 4.09. The second kappa shape index (κ2) is 9.04. The van der Waals surface area contributed by atoms with Gasteiger partial charge in [0.25, 0.3) is 15.9 Å². The highest BCUT2D eigenvalue weighted by molar-refractivity contribution is 7.90. The average Bonchev–Trinajstić information content (AvgIpc) is 3.02. The average molecular weight is 447 g/mol. The Labute approximate surface area is 179 Å². The highest BCUT2D eigenvalue weighted by Gasteiger charge is 2.30. The summed E-state index contributed by atoms with van der Waals surface area (Å²) in [5.41, 5.74) is 0.803. The van der Waals surface area contributed by atoms with Gasteiger partial charge in [0.1, 0.15) is 12.4 Å². The minimum absolute atomic E-state index is 0.0509. The molecule has 0 fully saturated rings. The lowest BCUT2D eigenvalue weighted by Gasteiger charge is -2.14. The van der Waals surface area contributed by atoms with Gasteiger partial charge in [-0.25, -0.2) is 8.42 Å². The molecule has 0 aromatic heterocycles. The number of carbonyl (C=O) groups is 2. The minimum Gasteiger partial charge on any atom is -0.493 e. The van der Waals surface area contributed by atoms with Gasteiger partial charge < -0.3 is 19.5 Å². The van der Waals surface area contributed by atoms with Gasteiger partial charge in [-0.15, -0.1) is 0 Å². The van der Waals surface area contributed by atoms with E-state index in [0.29, 0.717) is 22.7 Å². The zero-order valence-corrected chi connectivity index (χ0v) is 17.9. The second-order valence-corrected chi connectivity index (χ2v) is 8.11. The van der Waals surface area contributed by atoms with Crippen LogP contribution in [-0.2, 0) is 24.3 Å². The summed E-state index contributed by atoms with van der Waals surface area (Å²) in [5, 5.41) is 2.61. The van der Waals surface area contributed by atoms with Crippen molar-refractivity contribution < 1.29 is 32.2 Å². The summed E-state index contributed by atoms with van der Waals surface area (Å²) in [6, 6.07) is 11.1. The number of nitrogens with one attached hydrogen (secondary N) is 2. The van der Waals surface area contributed by atoms with E-state index in [1.165, 1.54) is 27.2 Å². The number of amidine groups is 1. The monoisotopic (exact) mass is 447 g/mol. The van der Waals surface area contributed by atoms with E-state index in [4.69, 9.17) is 14.2 Å². The third-order valence-corrected chi connectivity index (χ3v) is 5.75. The molecule has 1 heterocycles. The number of fused-ring (bicyclic) bond motifs is 1. The number of carbonyl (C=O) groups excluding carboxylic acids is 2. The summed E-state index contributed by atoms with van der Waals surface area (Å²) < 4.78 is 41.8. The molecular weight excluding hydrogens is 426 g/mol. The van der Waals surface area contributed by atoms with Crippen LogP contribution in [0.1, 0.15) is 12.5 Å². The third kappa shape index (κ3) is 4.94. The summed E-state index contributed by atoms with van der Waals surface area (Å²) in [4.78, 5) is 28.5. The number of nitrogens with zero attached hydrogens (tertiary/aromatic N) is 1. The first-order chi connectivity index (χ1) is 14.7. The topological polar surface area (TPSA) is 132 Å². The van der Waals surface area contributed by atoms with Crippen LogP contribution >= 0.6 is 0 Å². The fraction of sp³-hybridized carbons (Fsp3) is 0.250. The first kappa shape index (κ1) is 22.1. The highest BCUT2D eigenvalue weighted by Crippen LogP contribution is 2.29. The van der Waals surface area contributed by atoms with Crippen molar-refractivity contribution >= 4 is 33.4 Å². The number of benzene rings is 2. The van der Waals surface area contributed by atoms with Crippen LogP contribution in [0.25, 0.3) is 0 Å². The molecule has 1 atom stereocenters. The lowest BCUT2D eigenvalue weighted by atomic mass is 10.2. The Bertz CT molecular complexity index is 1150. The molecule has 10 nitrogen and oxygen atoms in total. The first-order valence-corrected chi connectivity index (χ1v) is 10.6. The SMILES string of the molecule is COc1ccc(NC(=O)[C@H](C)OC(=O)CN=C2NS(=O)(=O)c3ccccc32)cc1OC. The van der Waals surface area contributed by atoms with Crippen molar-refractivity contribution in [1.29, 1.82) is 0 Å². The van der Waals surface area contributed by atoms with Gasteiger partial charge >= 0.3 is 5.97 Å². The number of ether oxygens (including phenoxy) is 3. The molecule has 11 heteroatoms. The smallest absolute Gasteiger partial charge is 0.328 e. The van der Waals surface area contributed by atoms with Crippen LogP contribution in [0.2, 0.25) is 0 Å². The van der Waals surface area contributed by atoms with Crippen molar-refractivity contribution in [3.63, 3.8) is 0 Å². The minimum atomic E-state index is -3.70. The molecule has 164 valence electrons. The molecule has 2 aromatic carbocycles. The summed E-state index contributed by atoms with van der Waals surface area (Å²) in [6.07, 6.45) is -1.10. The molecule has 0 unspecified atom stereocenters. The quantitative estimate of drug-likeness (QED) is 0.612. The van der Waals surface area contributed by atoms with Crippen LogP contribution in [-0.4, -0.2) is 53.0 Å². The van der Waals surface area contributed by atoms with Crippen LogP contribution in [0.15, 0.2) is 52.4 Å². The number of methoxy groups -OCH3 is 2. The molecule has 2 aromatic rings. The maximum atomic E-state index is 12.3. The lowest BCUT2D eigenvalue weighted by Crippen LogP contribution is -2.31. The fourth-order valence-electron chi connectivity index (χ4n) is 2.84. The standard InChI is InChI=1S/C20H21N3O7S/c1-12(20(25)22-13-8-9-15(28-2)16(10-13)29-3)30-18(24)11-21-19-14-6-4-5-7-17(14)31(26,27)23-19/h4-10,12H,11H2,1-3H3,(H,21,23)(H,22,25)/t12-/m0/s1. The van der Waals surface area contributed by atoms with Crippen molar-refractivity contribution in [1.82, 2.24) is 4.72 Å². The van der Waals surface area contributed by atoms with Crippen molar-refractivity contribution in [3.8, 4) is 11.5 Å². The molecule has 0 spiro atoms. The number of aliphatic imine (C=N–C) groups is 1. The molecule has 31 heavy (non-hydrogen) atoms. The summed E-state index contributed by atoms with van der Waals surface area (Å²) >= 11 is 0. The van der Waals surface area contributed by atoms with Gasteiger partial charge in [0, 0.05) is 17.3 Å². The number of anilines is 1. The van der Waals surface area contributed by atoms with Gasteiger partial charge in [-0.3, -0.25) is 19.3 Å². The van der Waals surface area contributed by atoms with E-state index in [9.17, 15) is 18.0 Å². The summed E-state index contributed by atoms with van der Waals surface area (Å²) in [7, 11) is -0.734. The highest BCUT2D eigenvalue weighted by atomic mass is 32.2. The van der Waals surface area contributed by atoms with Gasteiger partial charge in [0.05, 0.1) is 19.1 Å². The molecule has 0 radical (unpaired) electrons. The molecule has 0 aliphatic carbocycles. The Kier molecular flexibility index (Phi) is 6.44. The normalized spacial score (nSPS) is 16.0. The molecule has 0 bridgehead atoms. The Hall–Kier alpha value is -3.60. The van der Waals surface area contributed by atoms with Gasteiger partial charge in [-0.2, -0.15) is 0 Å². The molecular formula is C20H21N3O7S. The van der Waals surface area contributed by atoms with Gasteiger partial charge in [-0.05, 0) is 31.2 Å². The van der Waals surface area contributed by atoms with E-state index in [0.717, 1.165) is 0 Å². The van der Waals surface area contributed by atoms with Crippen LogP contribution in [0.3, 0.4) is 0 Å². The van der Waals surface area contributed by atoms with Crippen molar-refractivity contribution in [3.05, 3.63) is 48.0 Å². The molecule has 0 saturated heterocycles. The number of esters is 1. The summed E-state index contributed by atoms with van der Waals surface area (Å²) in [5.74, 6) is -0.357. The lowest BCUT2D eigenvalue weighted by molar-refractivity contribution is -0.151. The number of hydrogen-bond acceptors (Lipinski definition) is 8. The predicted octanol–water partition coefficient (Wildman–Crippen LogP) is 1.31. The molecule has 1 amide bonds. The first-order valence-electron chi connectivity index (χ1n) is 9.14. The maximum absolute atomic E-state index is 12.3. The van der Waals surface area contributed by atoms with Gasteiger partial charge in [-0.1, -0.05) is 12.1 Å². The number of hydrogen-bond donors (Lipinski definition) is 2. The van der Waals surface area contributed by atoms with E-state index in [2.05, 4.69) is 15.0 Å². The van der Waals surface area contributed by atoms with Crippen LogP contribution in [0, 0.1) is 0 Å². The molecule has 1 aliphatic heterocycles. The van der Waals surface area contributed by atoms with Crippen molar-refractivity contribution in [2.45, 2.75) is 17.9 Å². The van der Waals surface area contributed by atoms with Crippen LogP contribution < -0.4 is 19.5 Å². The Balaban J connectivity index is 1.60. The van der Waals surface area contributed by atoms with Crippen LogP contribution in [0.5, 0.6) is 11.5 Å². The van der Waals surface area contributed by atoms with E-state index in [1.807, 2.05) is 0 Å². The number of sulfonamides is 1. The van der Waals surface area contributed by atoms with Gasteiger partial charge in [0.15, 0.2) is 17.6 Å². The van der Waals surface area contributed by atoms with E-state index in [-0.39, 0.29) is 10.7 Å². The van der Waals surface area contributed by atoms with E-state index >= 15 is 0 Å². The number of rotatable bonds is 7. The predicted molar refractivity (Wildman–Crippen MR) is 112 cm³/mol. The van der Waals surface area contributed by atoms with E-state index in [1.54, 1.807) is 36.4 Å².